The molecule has 8 heteroatoms. The van der Waals surface area contributed by atoms with Crippen LogP contribution >= 0.6 is 11.3 Å². The number of amides is 1. The predicted molar refractivity (Wildman–Crippen MR) is 110 cm³/mol. The van der Waals surface area contributed by atoms with Crippen molar-refractivity contribution in [2.45, 2.75) is 26.7 Å². The number of H-pyrrole nitrogens is 1. The fourth-order valence-electron chi connectivity index (χ4n) is 3.02. The van der Waals surface area contributed by atoms with E-state index in [4.69, 9.17) is 0 Å². The largest absolute Gasteiger partial charge is 0.326 e. The lowest BCUT2D eigenvalue weighted by molar-refractivity contribution is -0.116. The van der Waals surface area contributed by atoms with Crippen LogP contribution in [0.2, 0.25) is 0 Å². The number of carbonyl (C=O) groups is 1. The fraction of sp³-hybridized carbons (Fsp3) is 0.200. The number of aromatic amines is 1. The highest BCUT2D eigenvalue weighted by Gasteiger charge is 2.13. The molecule has 2 N–H and O–H groups in total. The van der Waals surface area contributed by atoms with Gasteiger partial charge in [0.05, 0.1) is 11.1 Å². The molecule has 3 aromatic heterocycles. The number of nitrogens with zero attached hydrogens (tertiary/aromatic N) is 3. The summed E-state index contributed by atoms with van der Waals surface area (Å²) in [6, 6.07) is 9.30. The second kappa shape index (κ2) is 7.40. The molecule has 4 rings (SSSR count). The molecule has 28 heavy (non-hydrogen) atoms. The molecule has 0 fully saturated rings. The molecule has 142 valence electrons. The molecule has 0 atom stereocenters. The maximum Gasteiger partial charge on any atom is 0.259 e. The Hall–Kier alpha value is -3.26. The van der Waals surface area contributed by atoms with Gasteiger partial charge < -0.3 is 10.3 Å². The van der Waals surface area contributed by atoms with Crippen LogP contribution in [0, 0.1) is 13.8 Å². The lowest BCUT2D eigenvalue weighted by Gasteiger charge is -2.07. The molecule has 0 aliphatic carbocycles. The number of hydrogen-bond donors (Lipinski definition) is 2. The van der Waals surface area contributed by atoms with Gasteiger partial charge in [0.25, 0.3) is 5.56 Å². The van der Waals surface area contributed by atoms with Gasteiger partial charge in [0.2, 0.25) is 5.91 Å². The molecule has 0 bridgehead atoms. The fourth-order valence-corrected chi connectivity index (χ4v) is 4.07. The summed E-state index contributed by atoms with van der Waals surface area (Å²) < 4.78 is 1.73. The van der Waals surface area contributed by atoms with Gasteiger partial charge in [-0.3, -0.25) is 9.59 Å². The van der Waals surface area contributed by atoms with E-state index in [9.17, 15) is 9.59 Å². The molecule has 0 saturated heterocycles. The molecule has 7 nitrogen and oxygen atoms in total. The van der Waals surface area contributed by atoms with Crippen molar-refractivity contribution in [2.24, 2.45) is 0 Å². The molecular weight excluding hydrogens is 374 g/mol. The molecular formula is C20H19N5O2S. The molecule has 0 aliphatic heterocycles. The van der Waals surface area contributed by atoms with Crippen molar-refractivity contribution in [2.75, 3.05) is 5.32 Å². The van der Waals surface area contributed by atoms with Crippen molar-refractivity contribution in [1.29, 1.82) is 0 Å². The summed E-state index contributed by atoms with van der Waals surface area (Å²) >= 11 is 1.50. The zero-order valence-corrected chi connectivity index (χ0v) is 16.3. The average molecular weight is 393 g/mol. The van der Waals surface area contributed by atoms with E-state index in [-0.39, 0.29) is 17.9 Å². The van der Waals surface area contributed by atoms with Crippen LogP contribution in [-0.2, 0) is 11.2 Å². The van der Waals surface area contributed by atoms with Gasteiger partial charge in [-0.25, -0.2) is 9.67 Å². The second-order valence-electron chi connectivity index (χ2n) is 6.53. The molecule has 3 heterocycles. The predicted octanol–water partition coefficient (Wildman–Crippen LogP) is 3.36. The van der Waals surface area contributed by atoms with E-state index in [0.29, 0.717) is 23.3 Å². The number of benzene rings is 1. The van der Waals surface area contributed by atoms with E-state index in [2.05, 4.69) is 20.4 Å². The highest BCUT2D eigenvalue weighted by molar-refractivity contribution is 7.18. The first-order valence-electron chi connectivity index (χ1n) is 8.90. The normalized spacial score (nSPS) is 11.1. The van der Waals surface area contributed by atoms with Crippen molar-refractivity contribution >= 4 is 33.1 Å². The van der Waals surface area contributed by atoms with Crippen LogP contribution in [0.15, 0.2) is 47.5 Å². The lowest BCUT2D eigenvalue weighted by Crippen LogP contribution is -2.16. The SMILES string of the molecule is Cc1sc2nc(CCC(=O)Nc3cccc(-n4cccn4)c3)[nH]c(=O)c2c1C. The highest BCUT2D eigenvalue weighted by atomic mass is 32.1. The van der Waals surface area contributed by atoms with Crippen LogP contribution in [-0.4, -0.2) is 25.7 Å². The summed E-state index contributed by atoms with van der Waals surface area (Å²) in [4.78, 5) is 33.8. The van der Waals surface area contributed by atoms with Gasteiger partial charge in [-0.1, -0.05) is 6.07 Å². The van der Waals surface area contributed by atoms with Crippen LogP contribution in [0.3, 0.4) is 0 Å². The quantitative estimate of drug-likeness (QED) is 0.544. The van der Waals surface area contributed by atoms with Crippen molar-refractivity contribution < 1.29 is 4.79 Å². The van der Waals surface area contributed by atoms with Gasteiger partial charge in [0.15, 0.2) is 0 Å². The monoisotopic (exact) mass is 393 g/mol. The van der Waals surface area contributed by atoms with E-state index in [1.165, 1.54) is 11.3 Å². The maximum absolute atomic E-state index is 12.3. The minimum absolute atomic E-state index is 0.140. The van der Waals surface area contributed by atoms with Crippen LogP contribution in [0.4, 0.5) is 5.69 Å². The molecule has 0 aliphatic rings. The summed E-state index contributed by atoms with van der Waals surface area (Å²) in [6.07, 6.45) is 4.13. The van der Waals surface area contributed by atoms with E-state index >= 15 is 0 Å². The van der Waals surface area contributed by atoms with Gasteiger partial charge >= 0.3 is 0 Å². The molecule has 0 spiro atoms. The van der Waals surface area contributed by atoms with E-state index in [1.807, 2.05) is 50.4 Å². The van der Waals surface area contributed by atoms with Gasteiger partial charge in [-0.05, 0) is 43.7 Å². The van der Waals surface area contributed by atoms with Crippen molar-refractivity contribution in [1.82, 2.24) is 19.7 Å². The Morgan fingerprint density at radius 2 is 2.14 bits per heavy atom. The Bertz CT molecular complexity index is 1210. The Kier molecular flexibility index (Phi) is 4.79. The number of rotatable bonds is 5. The summed E-state index contributed by atoms with van der Waals surface area (Å²) in [5.41, 5.74) is 2.38. The first kappa shape index (κ1) is 18.1. The minimum Gasteiger partial charge on any atom is -0.326 e. The van der Waals surface area contributed by atoms with Crippen molar-refractivity contribution in [3.05, 3.63) is 69.3 Å². The van der Waals surface area contributed by atoms with E-state index in [1.54, 1.807) is 10.9 Å². The zero-order valence-electron chi connectivity index (χ0n) is 15.5. The van der Waals surface area contributed by atoms with Gasteiger partial charge in [-0.2, -0.15) is 5.10 Å². The Morgan fingerprint density at radius 3 is 2.93 bits per heavy atom. The number of hydrogen-bond acceptors (Lipinski definition) is 5. The standard InChI is InChI=1S/C20H19N5O2S/c1-12-13(2)28-20-18(12)19(27)23-16(24-20)7-8-17(26)22-14-5-3-6-15(11-14)25-10-4-9-21-25/h3-6,9-11H,7-8H2,1-2H3,(H,22,26)(H,23,24,27). The summed E-state index contributed by atoms with van der Waals surface area (Å²) in [7, 11) is 0. The van der Waals surface area contributed by atoms with E-state index < -0.39 is 0 Å². The zero-order chi connectivity index (χ0) is 19.7. The minimum atomic E-state index is -0.144. The number of thiophene rings is 1. The van der Waals surface area contributed by atoms with Gasteiger partial charge in [-0.15, -0.1) is 11.3 Å². The van der Waals surface area contributed by atoms with Crippen LogP contribution in [0.5, 0.6) is 0 Å². The third kappa shape index (κ3) is 3.59. The Morgan fingerprint density at radius 1 is 1.29 bits per heavy atom. The van der Waals surface area contributed by atoms with Gasteiger partial charge in [0.1, 0.15) is 10.7 Å². The summed E-state index contributed by atoms with van der Waals surface area (Å²) in [6.45, 7) is 3.90. The highest BCUT2D eigenvalue weighted by Crippen LogP contribution is 2.25. The number of aromatic nitrogens is 4. The third-order valence-electron chi connectivity index (χ3n) is 4.58. The topological polar surface area (TPSA) is 92.7 Å². The van der Waals surface area contributed by atoms with Crippen LogP contribution < -0.4 is 10.9 Å². The van der Waals surface area contributed by atoms with Crippen molar-refractivity contribution in [3.63, 3.8) is 0 Å². The first-order chi connectivity index (χ1) is 13.5. The smallest absolute Gasteiger partial charge is 0.259 e. The number of anilines is 1. The van der Waals surface area contributed by atoms with Crippen LogP contribution in [0.25, 0.3) is 15.9 Å². The Labute approximate surface area is 165 Å². The van der Waals surface area contributed by atoms with Crippen molar-refractivity contribution in [3.8, 4) is 5.69 Å². The Balaban J connectivity index is 1.44. The molecule has 1 aromatic carbocycles. The number of aryl methyl sites for hydroxylation is 3. The second-order valence-corrected chi connectivity index (χ2v) is 7.73. The molecule has 1 amide bonds. The summed E-state index contributed by atoms with van der Waals surface area (Å²) in [5.74, 6) is 0.387. The molecule has 4 aromatic rings. The van der Waals surface area contributed by atoms with E-state index in [0.717, 1.165) is 21.0 Å². The third-order valence-corrected chi connectivity index (χ3v) is 5.68. The molecule has 0 radical (unpaired) electrons. The first-order valence-corrected chi connectivity index (χ1v) is 9.72. The van der Waals surface area contributed by atoms with Crippen LogP contribution in [0.1, 0.15) is 22.7 Å². The number of carbonyl (C=O) groups excluding carboxylic acids is 1. The lowest BCUT2D eigenvalue weighted by atomic mass is 10.2. The number of fused-ring (bicyclic) bond motifs is 1. The van der Waals surface area contributed by atoms with Gasteiger partial charge in [0, 0.05) is 35.8 Å². The summed E-state index contributed by atoms with van der Waals surface area (Å²) in [5, 5.41) is 7.71. The molecule has 0 unspecified atom stereocenters. The maximum atomic E-state index is 12.3. The molecule has 0 saturated carbocycles. The number of nitrogens with one attached hydrogen (secondary N) is 2. The average Bonchev–Trinajstić information content (AvgIpc) is 3.29.